The molecule has 1 amide bonds. The summed E-state index contributed by atoms with van der Waals surface area (Å²) in [4.78, 5) is 23.5. The molecule has 2 rings (SSSR count). The minimum absolute atomic E-state index is 0.286. The number of ether oxygens (including phenoxy) is 1. The van der Waals surface area contributed by atoms with Crippen molar-refractivity contribution in [2.45, 2.75) is 6.92 Å². The molecule has 0 unspecified atom stereocenters. The normalized spacial score (nSPS) is 10.6. The van der Waals surface area contributed by atoms with Crippen molar-refractivity contribution in [3.05, 3.63) is 69.7 Å². The highest BCUT2D eigenvalue weighted by atomic mass is 35.5. The van der Waals surface area contributed by atoms with E-state index >= 15 is 0 Å². The molecule has 24 heavy (non-hydrogen) atoms. The first-order chi connectivity index (χ1) is 11.5. The molecule has 0 radical (unpaired) electrons. The Hall–Kier alpha value is -2.30. The maximum Gasteiger partial charge on any atom is 0.330 e. The fraction of sp³-hybridized carbons (Fsp3) is 0.111. The van der Waals surface area contributed by atoms with Gasteiger partial charge < -0.3 is 10.1 Å². The van der Waals surface area contributed by atoms with Crippen molar-refractivity contribution in [3.63, 3.8) is 0 Å². The van der Waals surface area contributed by atoms with Gasteiger partial charge >= 0.3 is 5.97 Å². The average molecular weight is 364 g/mol. The molecule has 0 saturated heterocycles. The second kappa shape index (κ2) is 8.52. The first kappa shape index (κ1) is 18.0. The number of rotatable bonds is 5. The van der Waals surface area contributed by atoms with Crippen LogP contribution >= 0.6 is 23.2 Å². The third kappa shape index (κ3) is 5.11. The topological polar surface area (TPSA) is 55.4 Å². The predicted octanol–water partition coefficient (Wildman–Crippen LogP) is 4.82. The van der Waals surface area contributed by atoms with Gasteiger partial charge in [-0.2, -0.15) is 0 Å². The molecule has 1 N–H and O–H groups in total. The molecule has 2 aromatic rings. The molecule has 0 bridgehead atoms. The van der Waals surface area contributed by atoms with E-state index < -0.39 is 5.97 Å². The Bertz CT molecular complexity index is 770. The van der Waals surface area contributed by atoms with E-state index in [1.165, 1.54) is 12.1 Å². The molecule has 0 aromatic heterocycles. The van der Waals surface area contributed by atoms with E-state index in [4.69, 9.17) is 27.9 Å². The summed E-state index contributed by atoms with van der Waals surface area (Å²) >= 11 is 11.8. The number of anilines is 1. The Morgan fingerprint density at radius 1 is 1.12 bits per heavy atom. The van der Waals surface area contributed by atoms with E-state index in [0.717, 1.165) is 5.56 Å². The third-order valence-electron chi connectivity index (χ3n) is 3.04. The molecule has 4 nitrogen and oxygen atoms in total. The first-order valence-electron chi connectivity index (χ1n) is 7.21. The number of carbonyl (C=O) groups is 2. The largest absolute Gasteiger partial charge is 0.463 e. The van der Waals surface area contributed by atoms with Gasteiger partial charge in [0.05, 0.1) is 17.2 Å². The van der Waals surface area contributed by atoms with Gasteiger partial charge in [0.15, 0.2) is 0 Å². The van der Waals surface area contributed by atoms with Crippen LogP contribution < -0.4 is 5.32 Å². The minimum atomic E-state index is -0.396. The molecular formula is C18H15Cl2NO3. The zero-order chi connectivity index (χ0) is 17.5. The number of hydrogen-bond acceptors (Lipinski definition) is 3. The van der Waals surface area contributed by atoms with Gasteiger partial charge in [0.25, 0.3) is 5.91 Å². The summed E-state index contributed by atoms with van der Waals surface area (Å²) in [6.07, 6.45) is 2.99. The smallest absolute Gasteiger partial charge is 0.330 e. The minimum Gasteiger partial charge on any atom is -0.463 e. The number of nitrogens with one attached hydrogen (secondary N) is 1. The van der Waals surface area contributed by atoms with Crippen LogP contribution in [0.2, 0.25) is 10.0 Å². The number of benzene rings is 2. The fourth-order valence-electron chi connectivity index (χ4n) is 1.90. The summed E-state index contributed by atoms with van der Waals surface area (Å²) in [5.74, 6) is -0.723. The number of carbonyl (C=O) groups excluding carboxylic acids is 2. The summed E-state index contributed by atoms with van der Waals surface area (Å²) in [6.45, 7) is 2.08. The third-order valence-corrected chi connectivity index (χ3v) is 3.59. The Labute approximate surface area is 150 Å². The van der Waals surface area contributed by atoms with Crippen LogP contribution in [0.1, 0.15) is 22.8 Å². The number of halogens is 2. The maximum atomic E-state index is 12.2. The van der Waals surface area contributed by atoms with Crippen molar-refractivity contribution >= 4 is 46.8 Å². The molecule has 0 aliphatic heterocycles. The van der Waals surface area contributed by atoms with Crippen LogP contribution in [0.25, 0.3) is 6.08 Å². The molecule has 124 valence electrons. The number of esters is 1. The molecular weight excluding hydrogens is 349 g/mol. The second-order valence-corrected chi connectivity index (χ2v) is 5.63. The van der Waals surface area contributed by atoms with Gasteiger partial charge in [-0.15, -0.1) is 0 Å². The van der Waals surface area contributed by atoms with Crippen molar-refractivity contribution < 1.29 is 14.3 Å². The fourth-order valence-corrected chi connectivity index (χ4v) is 2.40. The van der Waals surface area contributed by atoms with Crippen LogP contribution in [0.15, 0.2) is 48.5 Å². The molecule has 0 saturated carbocycles. The van der Waals surface area contributed by atoms with Gasteiger partial charge in [-0.1, -0.05) is 35.3 Å². The Kier molecular flexibility index (Phi) is 6.41. The Balaban J connectivity index is 2.03. The van der Waals surface area contributed by atoms with E-state index in [-0.39, 0.29) is 10.9 Å². The highest BCUT2D eigenvalue weighted by molar-refractivity contribution is 6.37. The molecule has 0 aliphatic rings. The summed E-state index contributed by atoms with van der Waals surface area (Å²) in [5, 5.41) is 3.50. The van der Waals surface area contributed by atoms with Crippen LogP contribution in [0.5, 0.6) is 0 Å². The van der Waals surface area contributed by atoms with Gasteiger partial charge in [0.1, 0.15) is 0 Å². The lowest BCUT2D eigenvalue weighted by molar-refractivity contribution is -0.137. The number of amides is 1. The van der Waals surface area contributed by atoms with E-state index in [0.29, 0.717) is 22.9 Å². The van der Waals surface area contributed by atoms with Gasteiger partial charge in [0, 0.05) is 16.8 Å². The Morgan fingerprint density at radius 2 is 1.83 bits per heavy atom. The van der Waals surface area contributed by atoms with Gasteiger partial charge in [0.2, 0.25) is 0 Å². The van der Waals surface area contributed by atoms with Crippen molar-refractivity contribution in [2.75, 3.05) is 11.9 Å². The predicted molar refractivity (Wildman–Crippen MR) is 96.5 cm³/mol. The lowest BCUT2D eigenvalue weighted by atomic mass is 10.1. The Morgan fingerprint density at radius 3 is 2.46 bits per heavy atom. The summed E-state index contributed by atoms with van der Waals surface area (Å²) in [5.41, 5.74) is 1.76. The van der Waals surface area contributed by atoms with Crippen molar-refractivity contribution in [1.29, 1.82) is 0 Å². The first-order valence-corrected chi connectivity index (χ1v) is 7.96. The monoisotopic (exact) mass is 363 g/mol. The maximum absolute atomic E-state index is 12.2. The van der Waals surface area contributed by atoms with Crippen molar-refractivity contribution in [2.24, 2.45) is 0 Å². The quantitative estimate of drug-likeness (QED) is 0.611. The molecule has 0 heterocycles. The highest BCUT2D eigenvalue weighted by Gasteiger charge is 2.10. The second-order valence-electron chi connectivity index (χ2n) is 4.79. The van der Waals surface area contributed by atoms with Crippen LogP contribution in [0, 0.1) is 0 Å². The van der Waals surface area contributed by atoms with Crippen molar-refractivity contribution in [3.8, 4) is 0 Å². The van der Waals surface area contributed by atoms with Gasteiger partial charge in [-0.25, -0.2) is 4.79 Å². The molecule has 0 spiro atoms. The zero-order valence-electron chi connectivity index (χ0n) is 12.9. The van der Waals surface area contributed by atoms with E-state index in [1.54, 1.807) is 49.4 Å². The molecule has 6 heteroatoms. The molecule has 0 aliphatic carbocycles. The standard InChI is InChI=1S/C18H15Cl2NO3/c1-2-24-17(22)10-5-12-3-7-14(8-4-12)21-18(23)15-9-6-13(19)11-16(15)20/h3-11H,2H2,1H3,(H,21,23)/b10-5+. The van der Waals surface area contributed by atoms with E-state index in [2.05, 4.69) is 5.32 Å². The zero-order valence-corrected chi connectivity index (χ0v) is 14.4. The highest BCUT2D eigenvalue weighted by Crippen LogP contribution is 2.22. The van der Waals surface area contributed by atoms with Crippen LogP contribution in [-0.4, -0.2) is 18.5 Å². The summed E-state index contributed by atoms with van der Waals surface area (Å²) in [6, 6.07) is 11.7. The van der Waals surface area contributed by atoms with Crippen molar-refractivity contribution in [1.82, 2.24) is 0 Å². The van der Waals surface area contributed by atoms with E-state index in [1.807, 2.05) is 0 Å². The SMILES string of the molecule is CCOC(=O)/C=C/c1ccc(NC(=O)c2ccc(Cl)cc2Cl)cc1. The summed E-state index contributed by atoms with van der Waals surface area (Å²) in [7, 11) is 0. The van der Waals surface area contributed by atoms with Gasteiger partial charge in [-0.3, -0.25) is 4.79 Å². The average Bonchev–Trinajstić information content (AvgIpc) is 2.54. The van der Waals surface area contributed by atoms with E-state index in [9.17, 15) is 9.59 Å². The van der Waals surface area contributed by atoms with Crippen LogP contribution in [0.3, 0.4) is 0 Å². The summed E-state index contributed by atoms with van der Waals surface area (Å²) < 4.78 is 4.80. The van der Waals surface area contributed by atoms with Crippen LogP contribution in [0.4, 0.5) is 5.69 Å². The molecule has 0 atom stereocenters. The molecule has 2 aromatic carbocycles. The number of hydrogen-bond donors (Lipinski definition) is 1. The van der Waals surface area contributed by atoms with Crippen LogP contribution in [-0.2, 0) is 9.53 Å². The lowest BCUT2D eigenvalue weighted by Crippen LogP contribution is -2.12. The molecule has 0 fully saturated rings. The van der Waals surface area contributed by atoms with Gasteiger partial charge in [-0.05, 0) is 48.9 Å². The lowest BCUT2D eigenvalue weighted by Gasteiger charge is -2.07.